The van der Waals surface area contributed by atoms with Gasteiger partial charge in [0.05, 0.1) is 13.7 Å². The van der Waals surface area contributed by atoms with Gasteiger partial charge in [-0.3, -0.25) is 4.90 Å². The highest BCUT2D eigenvalue weighted by molar-refractivity contribution is 7.31. The third-order valence-electron chi connectivity index (χ3n) is 10.2. The van der Waals surface area contributed by atoms with Crippen molar-refractivity contribution in [3.05, 3.63) is 101 Å². The predicted molar refractivity (Wildman–Crippen MR) is 207 cm³/mol. The first-order valence-electron chi connectivity index (χ1n) is 16.9. The van der Waals surface area contributed by atoms with Crippen molar-refractivity contribution >= 4 is 67.8 Å². The van der Waals surface area contributed by atoms with Crippen LogP contribution in [0.15, 0.2) is 84.2 Å². The summed E-state index contributed by atoms with van der Waals surface area (Å²) in [4.78, 5) is 2.48. The van der Waals surface area contributed by atoms with Gasteiger partial charge in [-0.05, 0) is 81.7 Å². The van der Waals surface area contributed by atoms with Crippen LogP contribution in [0.5, 0.6) is 0 Å². The second kappa shape index (κ2) is 15.0. The van der Waals surface area contributed by atoms with E-state index in [-0.39, 0.29) is 18.3 Å². The summed E-state index contributed by atoms with van der Waals surface area (Å²) in [6, 6.07) is 28.6. The Balaban J connectivity index is 0.000000198. The molecule has 2 N–H and O–H groups in total. The molecule has 0 spiro atoms. The Morgan fingerprint density at radius 1 is 0.957 bits per heavy atom. The first-order chi connectivity index (χ1) is 21.7. The Morgan fingerprint density at radius 3 is 2.46 bits per heavy atom. The van der Waals surface area contributed by atoms with Crippen molar-refractivity contribution in [3.8, 4) is 0 Å². The number of aliphatic hydroxyl groups is 1. The van der Waals surface area contributed by atoms with Gasteiger partial charge in [0.2, 0.25) is 0 Å². The molecule has 0 saturated carbocycles. The Labute approximate surface area is 291 Å². The molecule has 0 bridgehead atoms. The van der Waals surface area contributed by atoms with Crippen LogP contribution in [-0.2, 0) is 12.1 Å². The summed E-state index contributed by atoms with van der Waals surface area (Å²) in [5.41, 5.74) is 3.34. The van der Waals surface area contributed by atoms with Gasteiger partial charge >= 0.3 is 0 Å². The highest BCUT2D eigenvalue weighted by atomic mass is 35.5. The summed E-state index contributed by atoms with van der Waals surface area (Å²) in [5.74, 6) is 1.76. The fraction of sp³-hybridized carbons (Fsp3) is 0.436. The lowest BCUT2D eigenvalue weighted by atomic mass is 9.76. The third-order valence-corrected chi connectivity index (χ3v) is 15.9. The lowest BCUT2D eigenvalue weighted by molar-refractivity contribution is -0.0716. The van der Waals surface area contributed by atoms with E-state index < -0.39 is 13.7 Å². The van der Waals surface area contributed by atoms with E-state index in [0.29, 0.717) is 0 Å². The minimum absolute atomic E-state index is 0. The van der Waals surface area contributed by atoms with Crippen LogP contribution >= 0.6 is 35.1 Å². The molecule has 3 nitrogen and oxygen atoms in total. The van der Waals surface area contributed by atoms with Crippen molar-refractivity contribution in [2.75, 3.05) is 26.2 Å². The number of fused-ring (bicyclic) bond motifs is 2. The van der Waals surface area contributed by atoms with Gasteiger partial charge < -0.3 is 10.4 Å². The number of halogens is 1. The van der Waals surface area contributed by atoms with Gasteiger partial charge in [-0.15, -0.1) is 35.1 Å². The number of thiophene rings is 2. The average molecular weight is 692 g/mol. The molecule has 0 radical (unpaired) electrons. The third kappa shape index (κ3) is 7.49. The molecule has 4 heterocycles. The second-order valence-corrected chi connectivity index (χ2v) is 21.7. The summed E-state index contributed by atoms with van der Waals surface area (Å²) in [5, 5.41) is 20.3. The quantitative estimate of drug-likeness (QED) is 0.174. The SMILES string of the molecule is CC1CN(Cc2ccccc2)CCC1(O)c1cccc2cc([Si](C)(C)C)sc12.CCC1CNCCC1c1cccc2ccsc12.Cl. The fourth-order valence-electron chi connectivity index (χ4n) is 7.43. The van der Waals surface area contributed by atoms with E-state index in [1.165, 1.54) is 56.2 Å². The van der Waals surface area contributed by atoms with Gasteiger partial charge in [-0.1, -0.05) is 107 Å². The average Bonchev–Trinajstić information content (AvgIpc) is 3.71. The maximum absolute atomic E-state index is 11.8. The summed E-state index contributed by atoms with van der Waals surface area (Å²) in [6.45, 7) is 16.9. The van der Waals surface area contributed by atoms with Crippen molar-refractivity contribution < 1.29 is 5.11 Å². The Hall–Kier alpha value is -2.03. The van der Waals surface area contributed by atoms with Gasteiger partial charge in [0.25, 0.3) is 0 Å². The van der Waals surface area contributed by atoms with E-state index in [4.69, 9.17) is 0 Å². The van der Waals surface area contributed by atoms with Gasteiger partial charge in [0.1, 0.15) is 0 Å². The van der Waals surface area contributed by atoms with Crippen molar-refractivity contribution in [1.29, 1.82) is 0 Å². The molecule has 0 amide bonds. The van der Waals surface area contributed by atoms with Gasteiger partial charge in [0, 0.05) is 40.5 Å². The van der Waals surface area contributed by atoms with Crippen molar-refractivity contribution in [2.45, 2.75) is 70.8 Å². The number of nitrogens with zero attached hydrogens (tertiary/aromatic N) is 1. The van der Waals surface area contributed by atoms with Crippen LogP contribution in [0.25, 0.3) is 20.2 Å². The first kappa shape index (κ1) is 35.3. The molecule has 2 aromatic heterocycles. The zero-order valence-electron chi connectivity index (χ0n) is 28.1. The van der Waals surface area contributed by atoms with Gasteiger partial charge in [-0.25, -0.2) is 0 Å². The zero-order valence-corrected chi connectivity index (χ0v) is 31.5. The molecule has 4 atom stereocenters. The monoisotopic (exact) mass is 690 g/mol. The predicted octanol–water partition coefficient (Wildman–Crippen LogP) is 9.60. The number of piperidine rings is 2. The summed E-state index contributed by atoms with van der Waals surface area (Å²) in [7, 11) is -1.36. The maximum Gasteiger partial charge on any atom is 0.0960 e. The minimum Gasteiger partial charge on any atom is -0.385 e. The maximum atomic E-state index is 11.8. The second-order valence-electron chi connectivity index (χ2n) is 14.3. The molecule has 0 aliphatic carbocycles. The van der Waals surface area contributed by atoms with Crippen LogP contribution in [-0.4, -0.2) is 44.3 Å². The molecule has 2 aliphatic rings. The van der Waals surface area contributed by atoms with E-state index in [9.17, 15) is 5.11 Å². The molecule has 7 rings (SSSR count). The van der Waals surface area contributed by atoms with Crippen LogP contribution in [0.4, 0.5) is 0 Å². The van der Waals surface area contributed by atoms with E-state index >= 15 is 0 Å². The van der Waals surface area contributed by atoms with Crippen LogP contribution < -0.4 is 9.82 Å². The molecular weight excluding hydrogens is 640 g/mol. The lowest BCUT2D eigenvalue weighted by Crippen LogP contribution is -2.48. The van der Waals surface area contributed by atoms with E-state index in [1.807, 2.05) is 22.7 Å². The van der Waals surface area contributed by atoms with Crippen molar-refractivity contribution in [3.63, 3.8) is 0 Å². The molecule has 5 aromatic rings. The van der Waals surface area contributed by atoms with E-state index in [1.54, 1.807) is 5.56 Å². The minimum atomic E-state index is -1.36. The molecule has 3 aromatic carbocycles. The largest absolute Gasteiger partial charge is 0.385 e. The van der Waals surface area contributed by atoms with Crippen molar-refractivity contribution in [1.82, 2.24) is 10.2 Å². The highest BCUT2D eigenvalue weighted by Crippen LogP contribution is 2.42. The van der Waals surface area contributed by atoms with Crippen LogP contribution in [0, 0.1) is 11.8 Å². The summed E-state index contributed by atoms with van der Waals surface area (Å²) < 4.78 is 4.33. The molecule has 46 heavy (non-hydrogen) atoms. The Bertz CT molecular complexity index is 1710. The van der Waals surface area contributed by atoms with E-state index in [2.05, 4.69) is 128 Å². The first-order valence-corrected chi connectivity index (χ1v) is 22.1. The van der Waals surface area contributed by atoms with Crippen LogP contribution in [0.1, 0.15) is 55.7 Å². The highest BCUT2D eigenvalue weighted by Gasteiger charge is 2.41. The number of nitrogens with one attached hydrogen (secondary N) is 1. The van der Waals surface area contributed by atoms with Crippen LogP contribution in [0.3, 0.4) is 0 Å². The Morgan fingerprint density at radius 2 is 1.72 bits per heavy atom. The number of hydrogen-bond acceptors (Lipinski definition) is 5. The standard InChI is InChI=1S/C24H31NOSSi.C15H19NS.ClH/c1-18-16-25(17-19-9-6-5-7-10-19)14-13-24(18,26)21-12-8-11-20-15-22(27-23(20)21)28(2,3)4;1-2-11-10-16-8-6-13(11)14-5-3-4-12-7-9-17-15(12)14;/h5-12,15,18,26H,13-14,16-17H2,1-4H3;3-5,7,9,11,13,16H,2,6,8,10H2,1H3;1H. The topological polar surface area (TPSA) is 35.5 Å². The molecule has 2 fully saturated rings. The zero-order chi connectivity index (χ0) is 31.6. The molecule has 2 saturated heterocycles. The number of likely N-dealkylation sites (tertiary alicyclic amines) is 1. The number of hydrogen-bond donors (Lipinski definition) is 2. The molecule has 246 valence electrons. The Kier molecular flexibility index (Phi) is 11.5. The van der Waals surface area contributed by atoms with Gasteiger partial charge in [0.15, 0.2) is 0 Å². The number of rotatable bonds is 6. The van der Waals surface area contributed by atoms with E-state index in [0.717, 1.165) is 43.5 Å². The normalized spacial score (nSPS) is 23.9. The lowest BCUT2D eigenvalue weighted by Gasteiger charge is -2.44. The molecular formula is C39H51ClN2OS2Si. The fourth-order valence-corrected chi connectivity index (χ4v) is 11.5. The van der Waals surface area contributed by atoms with Crippen LogP contribution in [0.2, 0.25) is 19.6 Å². The van der Waals surface area contributed by atoms with Crippen molar-refractivity contribution in [2.24, 2.45) is 11.8 Å². The molecule has 7 heteroatoms. The summed E-state index contributed by atoms with van der Waals surface area (Å²) >= 11 is 3.82. The molecule has 4 unspecified atom stereocenters. The molecule has 2 aliphatic heterocycles. The smallest absolute Gasteiger partial charge is 0.0960 e. The summed E-state index contributed by atoms with van der Waals surface area (Å²) in [6.07, 6.45) is 3.36. The number of benzene rings is 3. The van der Waals surface area contributed by atoms with Gasteiger partial charge in [-0.2, -0.15) is 0 Å².